The second kappa shape index (κ2) is 10.1. The highest BCUT2D eigenvalue weighted by Gasteiger charge is 2.42. The van der Waals surface area contributed by atoms with Gasteiger partial charge in [-0.25, -0.2) is 0 Å². The summed E-state index contributed by atoms with van der Waals surface area (Å²) >= 11 is 0. The van der Waals surface area contributed by atoms with Crippen molar-refractivity contribution in [3.8, 4) is 0 Å². The lowest BCUT2D eigenvalue weighted by Crippen LogP contribution is -2.57. The lowest BCUT2D eigenvalue weighted by Gasteiger charge is -2.48. The lowest BCUT2D eigenvalue weighted by molar-refractivity contribution is 0.0371. The number of likely N-dealkylation sites (tertiary alicyclic amines) is 2. The zero-order valence-corrected chi connectivity index (χ0v) is 19.0. The molecule has 2 aliphatic heterocycles. The van der Waals surface area contributed by atoms with Crippen molar-refractivity contribution in [1.29, 1.82) is 0 Å². The van der Waals surface area contributed by atoms with Crippen LogP contribution in [0.3, 0.4) is 0 Å². The molecule has 166 valence electrons. The molecule has 5 heteroatoms. The van der Waals surface area contributed by atoms with E-state index in [0.29, 0.717) is 11.5 Å². The highest BCUT2D eigenvalue weighted by Crippen LogP contribution is 2.48. The van der Waals surface area contributed by atoms with Gasteiger partial charge in [0.25, 0.3) is 0 Å². The molecule has 2 heterocycles. The van der Waals surface area contributed by atoms with Crippen molar-refractivity contribution in [1.82, 2.24) is 15.1 Å². The molecule has 3 fully saturated rings. The van der Waals surface area contributed by atoms with Crippen LogP contribution in [0.15, 0.2) is 35.3 Å². The van der Waals surface area contributed by atoms with Crippen molar-refractivity contribution < 1.29 is 4.74 Å². The average Bonchev–Trinajstić information content (AvgIpc) is 3.55. The van der Waals surface area contributed by atoms with Gasteiger partial charge in [0, 0.05) is 52.5 Å². The fourth-order valence-electron chi connectivity index (χ4n) is 5.44. The highest BCUT2D eigenvalue weighted by atomic mass is 16.5. The van der Waals surface area contributed by atoms with Crippen molar-refractivity contribution in [2.24, 2.45) is 16.3 Å². The van der Waals surface area contributed by atoms with E-state index in [1.54, 1.807) is 0 Å². The molecule has 2 atom stereocenters. The number of rotatable bonds is 8. The Morgan fingerprint density at radius 3 is 2.77 bits per heavy atom. The number of aliphatic imine (C=N–C) groups is 1. The predicted molar refractivity (Wildman–Crippen MR) is 124 cm³/mol. The van der Waals surface area contributed by atoms with Crippen molar-refractivity contribution in [3.63, 3.8) is 0 Å². The summed E-state index contributed by atoms with van der Waals surface area (Å²) in [7, 11) is 1.94. The number of hydrogen-bond acceptors (Lipinski definition) is 3. The van der Waals surface area contributed by atoms with Gasteiger partial charge in [-0.2, -0.15) is 0 Å². The number of hydrogen-bond donors (Lipinski definition) is 1. The van der Waals surface area contributed by atoms with Gasteiger partial charge < -0.3 is 15.0 Å². The highest BCUT2D eigenvalue weighted by molar-refractivity contribution is 5.80. The molecule has 3 aliphatic rings. The molecule has 0 bridgehead atoms. The molecule has 2 unspecified atom stereocenters. The number of guanidine groups is 1. The van der Waals surface area contributed by atoms with Crippen LogP contribution in [0.5, 0.6) is 0 Å². The van der Waals surface area contributed by atoms with Gasteiger partial charge in [0.05, 0.1) is 0 Å². The van der Waals surface area contributed by atoms with Crippen LogP contribution < -0.4 is 5.32 Å². The Labute approximate surface area is 182 Å². The van der Waals surface area contributed by atoms with Gasteiger partial charge in [0.15, 0.2) is 5.96 Å². The summed E-state index contributed by atoms with van der Waals surface area (Å²) in [6, 6.07) is 11.7. The Morgan fingerprint density at radius 1 is 1.20 bits per heavy atom. The first-order valence-corrected chi connectivity index (χ1v) is 12.0. The summed E-state index contributed by atoms with van der Waals surface area (Å²) in [6.07, 6.45) is 7.72. The van der Waals surface area contributed by atoms with Crippen LogP contribution in [0.2, 0.25) is 0 Å². The number of ether oxygens (including phenoxy) is 1. The van der Waals surface area contributed by atoms with E-state index in [4.69, 9.17) is 4.74 Å². The van der Waals surface area contributed by atoms with E-state index in [2.05, 4.69) is 57.4 Å². The minimum atomic E-state index is 0.445. The SMILES string of the molecule is CCOCCC1(CNC(=NC)N2CCC3C(CCCN3Cc3ccccc3)C2)CC1. The van der Waals surface area contributed by atoms with E-state index in [1.165, 1.54) is 50.6 Å². The van der Waals surface area contributed by atoms with Gasteiger partial charge in [-0.1, -0.05) is 30.3 Å². The molecule has 1 N–H and O–H groups in total. The molecular formula is C25H40N4O. The summed E-state index contributed by atoms with van der Waals surface area (Å²) in [5.41, 5.74) is 1.89. The lowest BCUT2D eigenvalue weighted by atomic mass is 9.83. The fourth-order valence-corrected chi connectivity index (χ4v) is 5.44. The van der Waals surface area contributed by atoms with Crippen LogP contribution >= 0.6 is 0 Å². The number of piperidine rings is 2. The smallest absolute Gasteiger partial charge is 0.193 e. The molecule has 1 aromatic rings. The number of fused-ring (bicyclic) bond motifs is 1. The third-order valence-corrected chi connectivity index (χ3v) is 7.48. The molecule has 0 spiro atoms. The first-order chi connectivity index (χ1) is 14.7. The molecule has 1 aromatic carbocycles. The van der Waals surface area contributed by atoms with Gasteiger partial charge in [-0.05, 0) is 68.9 Å². The zero-order chi connectivity index (χ0) is 20.8. The Hall–Kier alpha value is -1.59. The summed E-state index contributed by atoms with van der Waals surface area (Å²) in [5, 5.41) is 3.72. The predicted octanol–water partition coefficient (Wildman–Crippen LogP) is 3.76. The molecule has 0 amide bonds. The molecule has 5 nitrogen and oxygen atoms in total. The Kier molecular flexibility index (Phi) is 7.32. The van der Waals surface area contributed by atoms with Crippen molar-refractivity contribution in [3.05, 3.63) is 35.9 Å². The van der Waals surface area contributed by atoms with E-state index < -0.39 is 0 Å². The maximum atomic E-state index is 5.60. The maximum absolute atomic E-state index is 5.60. The molecule has 0 aromatic heterocycles. The zero-order valence-electron chi connectivity index (χ0n) is 19.0. The van der Waals surface area contributed by atoms with Crippen LogP contribution in [0.1, 0.15) is 51.0 Å². The third kappa shape index (κ3) is 5.36. The van der Waals surface area contributed by atoms with Crippen LogP contribution in [0, 0.1) is 11.3 Å². The second-order valence-corrected chi connectivity index (χ2v) is 9.51. The normalized spacial score (nSPS) is 26.3. The van der Waals surface area contributed by atoms with Crippen LogP contribution in [-0.2, 0) is 11.3 Å². The van der Waals surface area contributed by atoms with Gasteiger partial charge in [-0.3, -0.25) is 9.89 Å². The van der Waals surface area contributed by atoms with E-state index in [0.717, 1.165) is 51.3 Å². The van der Waals surface area contributed by atoms with Crippen molar-refractivity contribution in [2.75, 3.05) is 46.4 Å². The molecule has 1 aliphatic carbocycles. The van der Waals surface area contributed by atoms with Crippen LogP contribution in [0.25, 0.3) is 0 Å². The first kappa shape index (κ1) is 21.6. The maximum Gasteiger partial charge on any atom is 0.193 e. The third-order valence-electron chi connectivity index (χ3n) is 7.48. The minimum Gasteiger partial charge on any atom is -0.382 e. The Balaban J connectivity index is 1.29. The monoisotopic (exact) mass is 412 g/mol. The molecule has 2 saturated heterocycles. The van der Waals surface area contributed by atoms with Crippen LogP contribution in [0.4, 0.5) is 0 Å². The topological polar surface area (TPSA) is 40.1 Å². The van der Waals surface area contributed by atoms with Crippen molar-refractivity contribution in [2.45, 2.75) is 58.0 Å². The van der Waals surface area contributed by atoms with E-state index in [9.17, 15) is 0 Å². The Morgan fingerprint density at radius 2 is 2.03 bits per heavy atom. The number of nitrogens with zero attached hydrogens (tertiary/aromatic N) is 3. The standard InChI is InChI=1S/C25H40N4O/c1-3-30-17-14-25(12-13-25)20-27-24(26-2)29-16-11-23-22(19-29)10-7-15-28(23)18-21-8-5-4-6-9-21/h4-6,8-9,22-23H,3,7,10-20H2,1-2H3,(H,26,27). The minimum absolute atomic E-state index is 0.445. The Bertz CT molecular complexity index is 688. The average molecular weight is 413 g/mol. The molecular weight excluding hydrogens is 372 g/mol. The first-order valence-electron chi connectivity index (χ1n) is 12.0. The summed E-state index contributed by atoms with van der Waals surface area (Å²) in [6.45, 7) is 9.42. The molecule has 4 rings (SSSR count). The van der Waals surface area contributed by atoms with E-state index >= 15 is 0 Å². The largest absolute Gasteiger partial charge is 0.382 e. The van der Waals surface area contributed by atoms with Gasteiger partial charge in [-0.15, -0.1) is 0 Å². The molecule has 1 saturated carbocycles. The van der Waals surface area contributed by atoms with Gasteiger partial charge >= 0.3 is 0 Å². The quantitative estimate of drug-likeness (QED) is 0.401. The van der Waals surface area contributed by atoms with Crippen molar-refractivity contribution >= 4 is 5.96 Å². The molecule has 0 radical (unpaired) electrons. The number of benzene rings is 1. The number of nitrogens with one attached hydrogen (secondary N) is 1. The van der Waals surface area contributed by atoms with E-state index in [-0.39, 0.29) is 0 Å². The summed E-state index contributed by atoms with van der Waals surface area (Å²) < 4.78 is 5.60. The van der Waals surface area contributed by atoms with E-state index in [1.807, 2.05) is 7.05 Å². The van der Waals surface area contributed by atoms with Gasteiger partial charge in [0.2, 0.25) is 0 Å². The second-order valence-electron chi connectivity index (χ2n) is 9.51. The van der Waals surface area contributed by atoms with Gasteiger partial charge in [0.1, 0.15) is 0 Å². The summed E-state index contributed by atoms with van der Waals surface area (Å²) in [5.74, 6) is 1.86. The summed E-state index contributed by atoms with van der Waals surface area (Å²) in [4.78, 5) is 9.91. The fraction of sp³-hybridized carbons (Fsp3) is 0.720. The van der Waals surface area contributed by atoms with Crippen LogP contribution in [-0.4, -0.2) is 68.2 Å². The molecule has 30 heavy (non-hydrogen) atoms.